The van der Waals surface area contributed by atoms with Gasteiger partial charge in [-0.15, -0.1) is 0 Å². The van der Waals surface area contributed by atoms with E-state index in [1.165, 1.54) is 6.07 Å². The van der Waals surface area contributed by atoms with Crippen LogP contribution in [0, 0.1) is 6.07 Å². The summed E-state index contributed by atoms with van der Waals surface area (Å²) in [4.78, 5) is 19.0. The summed E-state index contributed by atoms with van der Waals surface area (Å²) in [6, 6.07) is 17.6. The largest absolute Gasteiger partial charge is 0.497 e. The highest BCUT2D eigenvalue weighted by Crippen LogP contribution is 2.26. The summed E-state index contributed by atoms with van der Waals surface area (Å²) in [6.45, 7) is 0. The molecule has 0 aliphatic carbocycles. The highest BCUT2D eigenvalue weighted by molar-refractivity contribution is 5.81. The molecular weight excluding hydrogens is 304 g/mol. The summed E-state index contributed by atoms with van der Waals surface area (Å²) >= 11 is 0. The van der Waals surface area contributed by atoms with E-state index < -0.39 is 0 Å². The normalized spacial score (nSPS) is 10.9. The summed E-state index contributed by atoms with van der Waals surface area (Å²) in [5.41, 5.74) is 3.89. The summed E-state index contributed by atoms with van der Waals surface area (Å²) in [6.07, 6.45) is 0. The lowest BCUT2D eigenvalue weighted by atomic mass is 10.1. The number of ether oxygens (including phenoxy) is 1. The molecule has 0 atom stereocenters. The van der Waals surface area contributed by atoms with Crippen LogP contribution in [-0.4, -0.2) is 27.3 Å². The zero-order chi connectivity index (χ0) is 16.5. The number of methoxy groups -OCH3 is 1. The van der Waals surface area contributed by atoms with Gasteiger partial charge in [0.2, 0.25) is 0 Å². The number of nitrogens with zero attached hydrogens (tertiary/aromatic N) is 2. The van der Waals surface area contributed by atoms with Crippen LogP contribution in [0.4, 0.5) is 0 Å². The first-order valence-electron chi connectivity index (χ1n) is 7.35. The fourth-order valence-corrected chi connectivity index (χ4v) is 2.51. The van der Waals surface area contributed by atoms with E-state index in [9.17, 15) is 4.79 Å². The number of benzene rings is 2. The fourth-order valence-electron chi connectivity index (χ4n) is 2.51. The number of aromatic amines is 2. The van der Waals surface area contributed by atoms with E-state index in [2.05, 4.69) is 26.2 Å². The Labute approximate surface area is 137 Å². The van der Waals surface area contributed by atoms with Crippen LogP contribution in [0.25, 0.3) is 33.7 Å². The maximum absolute atomic E-state index is 11.1. The molecule has 0 fully saturated rings. The van der Waals surface area contributed by atoms with E-state index in [1.54, 1.807) is 13.2 Å². The van der Waals surface area contributed by atoms with E-state index in [4.69, 9.17) is 4.74 Å². The lowest BCUT2D eigenvalue weighted by molar-refractivity contribution is 0.415. The second-order valence-corrected chi connectivity index (χ2v) is 5.27. The van der Waals surface area contributed by atoms with Gasteiger partial charge in [-0.05, 0) is 30.3 Å². The first kappa shape index (κ1) is 14.2. The molecule has 2 N–H and O–H groups in total. The molecule has 0 aliphatic rings. The van der Waals surface area contributed by atoms with Gasteiger partial charge in [0.15, 0.2) is 0 Å². The quantitative estimate of drug-likeness (QED) is 0.608. The Hall–Kier alpha value is -3.41. The Bertz CT molecular complexity index is 1060. The molecule has 0 saturated heterocycles. The molecule has 24 heavy (non-hydrogen) atoms. The van der Waals surface area contributed by atoms with Gasteiger partial charge in [-0.25, -0.2) is 10.1 Å². The average molecular weight is 317 g/mol. The van der Waals surface area contributed by atoms with E-state index in [1.807, 2.05) is 36.4 Å². The summed E-state index contributed by atoms with van der Waals surface area (Å²) in [5.74, 6) is 1.48. The number of imidazole rings is 1. The number of fused-ring (bicyclic) bond motifs is 1. The lowest BCUT2D eigenvalue weighted by Gasteiger charge is -2.02. The lowest BCUT2D eigenvalue weighted by Crippen LogP contribution is -2.05. The van der Waals surface area contributed by atoms with Gasteiger partial charge in [0.25, 0.3) is 5.56 Å². The molecule has 0 spiro atoms. The molecule has 4 rings (SSSR count). The zero-order valence-corrected chi connectivity index (χ0v) is 12.8. The van der Waals surface area contributed by atoms with Crippen molar-refractivity contribution in [1.29, 1.82) is 0 Å². The molecule has 0 saturated carbocycles. The van der Waals surface area contributed by atoms with Crippen molar-refractivity contribution in [3.63, 3.8) is 0 Å². The minimum Gasteiger partial charge on any atom is -0.497 e. The molecule has 1 radical (unpaired) electrons. The summed E-state index contributed by atoms with van der Waals surface area (Å²) in [5, 5.41) is 6.49. The first-order valence-corrected chi connectivity index (χ1v) is 7.35. The maximum atomic E-state index is 11.1. The predicted octanol–water partition coefficient (Wildman–Crippen LogP) is 2.79. The van der Waals surface area contributed by atoms with E-state index >= 15 is 0 Å². The van der Waals surface area contributed by atoms with Gasteiger partial charge in [0.05, 0.1) is 23.8 Å². The van der Waals surface area contributed by atoms with Crippen LogP contribution in [-0.2, 0) is 0 Å². The van der Waals surface area contributed by atoms with Gasteiger partial charge in [-0.1, -0.05) is 12.1 Å². The van der Waals surface area contributed by atoms with Crippen LogP contribution in [0.2, 0.25) is 0 Å². The van der Waals surface area contributed by atoms with Gasteiger partial charge in [0.1, 0.15) is 11.6 Å². The van der Waals surface area contributed by atoms with Crippen molar-refractivity contribution in [3.8, 4) is 28.4 Å². The number of aromatic nitrogens is 4. The van der Waals surface area contributed by atoms with Crippen molar-refractivity contribution < 1.29 is 4.74 Å². The number of rotatable bonds is 3. The molecule has 0 unspecified atom stereocenters. The highest BCUT2D eigenvalue weighted by Gasteiger charge is 2.08. The Morgan fingerprint density at radius 1 is 1.12 bits per heavy atom. The van der Waals surface area contributed by atoms with Gasteiger partial charge >= 0.3 is 0 Å². The minimum absolute atomic E-state index is 0.229. The molecule has 0 amide bonds. The number of hydrogen-bond acceptors (Lipinski definition) is 4. The molecule has 117 valence electrons. The van der Waals surface area contributed by atoms with Crippen LogP contribution in [0.5, 0.6) is 5.75 Å². The second kappa shape index (κ2) is 5.66. The molecule has 4 aromatic rings. The molecule has 0 bridgehead atoms. The van der Waals surface area contributed by atoms with Crippen LogP contribution >= 0.6 is 0 Å². The van der Waals surface area contributed by atoms with Gasteiger partial charge < -0.3 is 9.72 Å². The van der Waals surface area contributed by atoms with Crippen molar-refractivity contribution in [1.82, 2.24) is 20.2 Å². The Morgan fingerprint density at radius 3 is 2.83 bits per heavy atom. The smallest absolute Gasteiger partial charge is 0.264 e. The maximum Gasteiger partial charge on any atom is 0.264 e. The third kappa shape index (κ3) is 2.54. The van der Waals surface area contributed by atoms with E-state index in [0.29, 0.717) is 11.5 Å². The van der Waals surface area contributed by atoms with Crippen LogP contribution in [0.3, 0.4) is 0 Å². The molecule has 6 nitrogen and oxygen atoms in total. The van der Waals surface area contributed by atoms with Crippen LogP contribution in [0.15, 0.2) is 53.3 Å². The van der Waals surface area contributed by atoms with Gasteiger partial charge in [-0.2, -0.15) is 5.10 Å². The number of nitrogens with one attached hydrogen (secondary N) is 2. The molecule has 2 aromatic carbocycles. The highest BCUT2D eigenvalue weighted by atomic mass is 16.5. The van der Waals surface area contributed by atoms with Crippen molar-refractivity contribution in [2.75, 3.05) is 7.11 Å². The molecule has 6 heteroatoms. The van der Waals surface area contributed by atoms with E-state index in [0.717, 1.165) is 27.9 Å². The fraction of sp³-hybridized carbons (Fsp3) is 0.0556. The topological polar surface area (TPSA) is 83.7 Å². The average Bonchev–Trinajstić information content (AvgIpc) is 3.05. The summed E-state index contributed by atoms with van der Waals surface area (Å²) < 4.78 is 5.23. The van der Waals surface area contributed by atoms with Crippen LogP contribution < -0.4 is 10.3 Å². The van der Waals surface area contributed by atoms with Crippen molar-refractivity contribution in [2.24, 2.45) is 0 Å². The Balaban J connectivity index is 1.78. The monoisotopic (exact) mass is 317 g/mol. The Morgan fingerprint density at radius 2 is 2.04 bits per heavy atom. The first-order chi connectivity index (χ1) is 11.7. The second-order valence-electron chi connectivity index (χ2n) is 5.27. The molecule has 2 heterocycles. The SMILES string of the molecule is COc1ccc2nc(-c3[c]ccc(-c4ccc(=O)[nH]n4)c3)[nH]c2c1. The van der Waals surface area contributed by atoms with Crippen molar-refractivity contribution >= 4 is 11.0 Å². The standard InChI is InChI=1S/C18H13N4O2/c1-24-13-5-6-15-16(10-13)20-18(19-15)12-4-2-3-11(9-12)14-7-8-17(23)22-21-14/h2-3,5-10H,1H3,(H,19,20)(H,22,23). The minimum atomic E-state index is -0.229. The zero-order valence-electron chi connectivity index (χ0n) is 12.8. The van der Waals surface area contributed by atoms with Crippen LogP contribution in [0.1, 0.15) is 0 Å². The van der Waals surface area contributed by atoms with E-state index in [-0.39, 0.29) is 5.56 Å². The van der Waals surface area contributed by atoms with Gasteiger partial charge in [0, 0.05) is 23.3 Å². The number of H-pyrrole nitrogens is 2. The predicted molar refractivity (Wildman–Crippen MR) is 90.8 cm³/mol. The molecule has 2 aromatic heterocycles. The summed E-state index contributed by atoms with van der Waals surface area (Å²) in [7, 11) is 1.63. The third-order valence-corrected chi connectivity index (χ3v) is 3.72. The molecular formula is C18H13N4O2. The Kier molecular flexibility index (Phi) is 3.35. The number of hydrogen-bond donors (Lipinski definition) is 2. The van der Waals surface area contributed by atoms with Crippen molar-refractivity contribution in [3.05, 3.63) is 65.0 Å². The van der Waals surface area contributed by atoms with Gasteiger partial charge in [-0.3, -0.25) is 4.79 Å². The third-order valence-electron chi connectivity index (χ3n) is 3.72. The molecule has 0 aliphatic heterocycles. The van der Waals surface area contributed by atoms with Crippen molar-refractivity contribution in [2.45, 2.75) is 0 Å².